The first-order valence-electron chi connectivity index (χ1n) is 4.93. The molecule has 0 unspecified atom stereocenters. The second kappa shape index (κ2) is 3.42. The van der Waals surface area contributed by atoms with Gasteiger partial charge in [0.15, 0.2) is 0 Å². The summed E-state index contributed by atoms with van der Waals surface area (Å²) in [6, 6.07) is 8.12. The summed E-state index contributed by atoms with van der Waals surface area (Å²) in [5.41, 5.74) is 2.25. The Labute approximate surface area is 88.7 Å². The molecule has 0 atom stereocenters. The molecule has 1 heterocycles. The Bertz CT molecular complexity index is 487. The van der Waals surface area contributed by atoms with Gasteiger partial charge in [-0.2, -0.15) is 0 Å². The molecule has 78 valence electrons. The molecule has 15 heavy (non-hydrogen) atoms. The number of nitrogens with zero attached hydrogens (tertiary/aromatic N) is 1. The summed E-state index contributed by atoms with van der Waals surface area (Å²) < 4.78 is 2.01. The van der Waals surface area contributed by atoms with Gasteiger partial charge < -0.3 is 9.88 Å². The van der Waals surface area contributed by atoms with Crippen molar-refractivity contribution in [3.05, 3.63) is 29.8 Å². The van der Waals surface area contributed by atoms with Crippen molar-refractivity contribution in [2.75, 3.05) is 5.32 Å². The highest BCUT2D eigenvalue weighted by Crippen LogP contribution is 2.27. The molecule has 0 saturated carbocycles. The van der Waals surface area contributed by atoms with Gasteiger partial charge in [0.1, 0.15) is 5.82 Å². The van der Waals surface area contributed by atoms with Crippen molar-refractivity contribution in [1.82, 2.24) is 4.57 Å². The molecule has 1 aromatic heterocycles. The lowest BCUT2D eigenvalue weighted by Gasteiger charge is -2.05. The third-order valence-corrected chi connectivity index (χ3v) is 2.65. The number of hydrogen-bond donors (Lipinski definition) is 1. The molecule has 1 N–H and O–H groups in total. The Kier molecular flexibility index (Phi) is 2.23. The smallest absolute Gasteiger partial charge is 0.222 e. The van der Waals surface area contributed by atoms with Gasteiger partial charge in [-0.05, 0) is 18.6 Å². The number of para-hydroxylation sites is 1. The average molecular weight is 202 g/mol. The summed E-state index contributed by atoms with van der Waals surface area (Å²) in [6.45, 7) is 3.55. The van der Waals surface area contributed by atoms with Crippen LogP contribution >= 0.6 is 0 Å². The lowest BCUT2D eigenvalue weighted by atomic mass is 10.2. The summed E-state index contributed by atoms with van der Waals surface area (Å²) in [5.74, 6) is 0.840. The van der Waals surface area contributed by atoms with Crippen LogP contribution < -0.4 is 5.32 Å². The number of amides is 1. The minimum absolute atomic E-state index is 0.0380. The standard InChI is InChI=1S/C12H14N2O/c1-8-10-6-4-5-7-11(10)14(3)12(8)13-9(2)15/h4-7H,1-3H3,(H,13,15). The quantitative estimate of drug-likeness (QED) is 0.757. The first kappa shape index (κ1) is 9.77. The van der Waals surface area contributed by atoms with E-state index < -0.39 is 0 Å². The minimum atomic E-state index is -0.0380. The summed E-state index contributed by atoms with van der Waals surface area (Å²) in [6.07, 6.45) is 0. The Morgan fingerprint density at radius 1 is 1.33 bits per heavy atom. The Morgan fingerprint density at radius 3 is 2.60 bits per heavy atom. The molecule has 0 aliphatic rings. The summed E-state index contributed by atoms with van der Waals surface area (Å²) in [5, 5.41) is 4.04. The van der Waals surface area contributed by atoms with Crippen LogP contribution in [-0.4, -0.2) is 10.5 Å². The highest BCUT2D eigenvalue weighted by atomic mass is 16.1. The first-order chi connectivity index (χ1) is 7.11. The molecule has 1 amide bonds. The first-order valence-corrected chi connectivity index (χ1v) is 4.93. The molecule has 0 aliphatic carbocycles. The van der Waals surface area contributed by atoms with E-state index in [1.165, 1.54) is 12.3 Å². The van der Waals surface area contributed by atoms with E-state index in [9.17, 15) is 4.79 Å². The number of nitrogens with one attached hydrogen (secondary N) is 1. The lowest BCUT2D eigenvalue weighted by Crippen LogP contribution is -2.10. The summed E-state index contributed by atoms with van der Waals surface area (Å²) in [7, 11) is 1.96. The zero-order chi connectivity index (χ0) is 11.0. The van der Waals surface area contributed by atoms with E-state index in [4.69, 9.17) is 0 Å². The Morgan fingerprint density at radius 2 is 2.00 bits per heavy atom. The van der Waals surface area contributed by atoms with Gasteiger partial charge in [-0.3, -0.25) is 4.79 Å². The molecule has 1 aromatic carbocycles. The molecule has 0 fully saturated rings. The van der Waals surface area contributed by atoms with Gasteiger partial charge in [-0.1, -0.05) is 18.2 Å². The van der Waals surface area contributed by atoms with Gasteiger partial charge in [0.2, 0.25) is 5.91 Å². The topological polar surface area (TPSA) is 34.0 Å². The fourth-order valence-corrected chi connectivity index (χ4v) is 1.93. The molecule has 0 saturated heterocycles. The Balaban J connectivity index is 2.69. The van der Waals surface area contributed by atoms with Crippen LogP contribution in [0.3, 0.4) is 0 Å². The maximum atomic E-state index is 11.1. The zero-order valence-electron chi connectivity index (χ0n) is 9.16. The maximum absolute atomic E-state index is 11.1. The van der Waals surface area contributed by atoms with Crippen LogP contribution in [0.25, 0.3) is 10.9 Å². The average Bonchev–Trinajstić information content (AvgIpc) is 2.44. The van der Waals surface area contributed by atoms with E-state index in [0.29, 0.717) is 0 Å². The fraction of sp³-hybridized carbons (Fsp3) is 0.250. The third kappa shape index (κ3) is 1.50. The SMILES string of the molecule is CC(=O)Nc1c(C)c2ccccc2n1C. The van der Waals surface area contributed by atoms with E-state index in [1.54, 1.807) is 0 Å². The molecular weight excluding hydrogens is 188 g/mol. The van der Waals surface area contributed by atoms with Gasteiger partial charge in [-0.25, -0.2) is 0 Å². The second-order valence-electron chi connectivity index (χ2n) is 3.73. The van der Waals surface area contributed by atoms with Crippen molar-refractivity contribution < 1.29 is 4.79 Å². The number of aromatic nitrogens is 1. The number of carbonyl (C=O) groups excluding carboxylic acids is 1. The largest absolute Gasteiger partial charge is 0.330 e. The van der Waals surface area contributed by atoms with Crippen LogP contribution in [0.1, 0.15) is 12.5 Å². The van der Waals surface area contributed by atoms with Gasteiger partial charge in [-0.15, -0.1) is 0 Å². The molecule has 0 spiro atoms. The predicted octanol–water partition coefficient (Wildman–Crippen LogP) is 2.45. The lowest BCUT2D eigenvalue weighted by molar-refractivity contribution is -0.114. The van der Waals surface area contributed by atoms with Crippen LogP contribution in [0.4, 0.5) is 5.82 Å². The molecule has 0 bridgehead atoms. The van der Waals surface area contributed by atoms with Crippen LogP contribution in [0, 0.1) is 6.92 Å². The van der Waals surface area contributed by atoms with Crippen LogP contribution in [0.2, 0.25) is 0 Å². The molecular formula is C12H14N2O. The van der Waals surface area contributed by atoms with Crippen LogP contribution in [0.15, 0.2) is 24.3 Å². The van der Waals surface area contributed by atoms with Crippen molar-refractivity contribution in [1.29, 1.82) is 0 Å². The summed E-state index contributed by atoms with van der Waals surface area (Å²) >= 11 is 0. The number of hydrogen-bond acceptors (Lipinski definition) is 1. The number of fused-ring (bicyclic) bond motifs is 1. The normalized spacial score (nSPS) is 10.6. The van der Waals surface area contributed by atoms with E-state index in [1.807, 2.05) is 36.7 Å². The van der Waals surface area contributed by atoms with E-state index in [0.717, 1.165) is 16.9 Å². The van der Waals surface area contributed by atoms with Gasteiger partial charge >= 0.3 is 0 Å². The number of anilines is 1. The van der Waals surface area contributed by atoms with Crippen molar-refractivity contribution >= 4 is 22.6 Å². The number of benzene rings is 1. The maximum Gasteiger partial charge on any atom is 0.222 e. The minimum Gasteiger partial charge on any atom is -0.330 e. The fourth-order valence-electron chi connectivity index (χ4n) is 1.93. The predicted molar refractivity (Wildman–Crippen MR) is 62.0 cm³/mol. The number of aryl methyl sites for hydroxylation is 2. The number of rotatable bonds is 1. The van der Waals surface area contributed by atoms with Crippen LogP contribution in [-0.2, 0) is 11.8 Å². The van der Waals surface area contributed by atoms with Gasteiger partial charge in [0, 0.05) is 24.9 Å². The van der Waals surface area contributed by atoms with Crippen molar-refractivity contribution in [2.24, 2.45) is 7.05 Å². The van der Waals surface area contributed by atoms with Gasteiger partial charge in [0.25, 0.3) is 0 Å². The molecule has 3 heteroatoms. The second-order valence-corrected chi connectivity index (χ2v) is 3.73. The Hall–Kier alpha value is -1.77. The molecule has 0 radical (unpaired) electrons. The van der Waals surface area contributed by atoms with Crippen molar-refractivity contribution in [3.8, 4) is 0 Å². The molecule has 0 aliphatic heterocycles. The molecule has 2 aromatic rings. The highest BCUT2D eigenvalue weighted by molar-refractivity contribution is 5.96. The number of carbonyl (C=O) groups is 1. The van der Waals surface area contributed by atoms with E-state index >= 15 is 0 Å². The highest BCUT2D eigenvalue weighted by Gasteiger charge is 2.11. The molecule has 2 rings (SSSR count). The van der Waals surface area contributed by atoms with Gasteiger partial charge in [0.05, 0.1) is 0 Å². The van der Waals surface area contributed by atoms with Crippen molar-refractivity contribution in [3.63, 3.8) is 0 Å². The third-order valence-electron chi connectivity index (χ3n) is 2.65. The van der Waals surface area contributed by atoms with Crippen molar-refractivity contribution in [2.45, 2.75) is 13.8 Å². The van der Waals surface area contributed by atoms with E-state index in [-0.39, 0.29) is 5.91 Å². The van der Waals surface area contributed by atoms with E-state index in [2.05, 4.69) is 11.4 Å². The molecule has 3 nitrogen and oxygen atoms in total. The zero-order valence-corrected chi connectivity index (χ0v) is 9.16. The monoisotopic (exact) mass is 202 g/mol. The summed E-state index contributed by atoms with van der Waals surface area (Å²) in [4.78, 5) is 11.1. The van der Waals surface area contributed by atoms with Crippen LogP contribution in [0.5, 0.6) is 0 Å².